The Hall–Kier alpha value is -3.49. The van der Waals surface area contributed by atoms with Crippen molar-refractivity contribution in [2.24, 2.45) is 0 Å². The zero-order valence-electron chi connectivity index (χ0n) is 25.9. The Morgan fingerprint density at radius 1 is 1.21 bits per heavy atom. The third kappa shape index (κ3) is 6.86. The topological polar surface area (TPSA) is 94.8 Å². The molecule has 2 atom stereocenters. The van der Waals surface area contributed by atoms with E-state index in [0.29, 0.717) is 49.2 Å². The number of likely N-dealkylation sites (tertiary alicyclic amines) is 1. The van der Waals surface area contributed by atoms with E-state index >= 15 is 4.39 Å². The van der Waals surface area contributed by atoms with Crippen molar-refractivity contribution in [1.82, 2.24) is 19.8 Å². The van der Waals surface area contributed by atoms with Crippen LogP contribution in [0.5, 0.6) is 6.01 Å². The number of halogens is 1. The molecule has 0 spiro atoms. The highest BCUT2D eigenvalue weighted by molar-refractivity contribution is 7.22. The molecular formula is C32H41FN6O3S. The predicted octanol–water partition coefficient (Wildman–Crippen LogP) is 6.43. The number of anilines is 1. The van der Waals surface area contributed by atoms with Gasteiger partial charge in [0, 0.05) is 36.1 Å². The van der Waals surface area contributed by atoms with E-state index in [-0.39, 0.29) is 30.2 Å². The van der Waals surface area contributed by atoms with Gasteiger partial charge in [-0.25, -0.2) is 9.18 Å². The van der Waals surface area contributed by atoms with Crippen molar-refractivity contribution in [1.29, 1.82) is 5.26 Å². The number of amides is 1. The molecule has 9 nitrogen and oxygen atoms in total. The highest BCUT2D eigenvalue weighted by Crippen LogP contribution is 2.42. The number of hydrogen-bond acceptors (Lipinski definition) is 9. The average molecular weight is 609 g/mol. The van der Waals surface area contributed by atoms with Gasteiger partial charge >= 0.3 is 12.1 Å². The van der Waals surface area contributed by atoms with Crippen LogP contribution in [-0.2, 0) is 4.74 Å². The molecule has 3 aromatic rings. The summed E-state index contributed by atoms with van der Waals surface area (Å²) in [6, 6.07) is 9.56. The van der Waals surface area contributed by atoms with Crippen LogP contribution in [-0.4, -0.2) is 83.4 Å². The molecule has 1 amide bonds. The molecule has 1 aromatic carbocycles. The molecule has 0 saturated carbocycles. The van der Waals surface area contributed by atoms with Crippen molar-refractivity contribution in [2.45, 2.75) is 77.5 Å². The second kappa shape index (κ2) is 12.6. The van der Waals surface area contributed by atoms with Crippen LogP contribution in [0.15, 0.2) is 24.3 Å². The average Bonchev–Trinajstić information content (AvgIpc) is 3.55. The largest absolute Gasteiger partial charge is 0.462 e. The van der Waals surface area contributed by atoms with Crippen LogP contribution in [0.3, 0.4) is 0 Å². The van der Waals surface area contributed by atoms with Gasteiger partial charge in [0.05, 0.1) is 28.7 Å². The Kier molecular flexibility index (Phi) is 9.09. The SMILES string of the molecule is CC(C)c1cccc(F)c1-c1cc2nc(OC[C@@H]3CCCN3C)nc(N3CCN(C(=O)OC(C)(C)C)C(CC#N)C3)c2s1. The molecular weight excluding hydrogens is 567 g/mol. The van der Waals surface area contributed by atoms with E-state index in [1.165, 1.54) is 17.4 Å². The molecule has 43 heavy (non-hydrogen) atoms. The highest BCUT2D eigenvalue weighted by Gasteiger charge is 2.35. The fourth-order valence-electron chi connectivity index (χ4n) is 5.83. The Morgan fingerprint density at radius 2 is 2.00 bits per heavy atom. The number of nitrogens with zero attached hydrogens (tertiary/aromatic N) is 6. The number of carbonyl (C=O) groups excluding carboxylic acids is 1. The van der Waals surface area contributed by atoms with Crippen LogP contribution in [0, 0.1) is 17.1 Å². The van der Waals surface area contributed by atoms with Crippen LogP contribution in [0.2, 0.25) is 0 Å². The molecule has 230 valence electrons. The second-order valence-corrected chi connectivity index (χ2v) is 13.8. The number of ether oxygens (including phenoxy) is 2. The lowest BCUT2D eigenvalue weighted by Gasteiger charge is -2.41. The summed E-state index contributed by atoms with van der Waals surface area (Å²) in [7, 11) is 2.10. The molecule has 0 radical (unpaired) electrons. The van der Waals surface area contributed by atoms with E-state index in [9.17, 15) is 10.1 Å². The number of carbonyl (C=O) groups is 1. The summed E-state index contributed by atoms with van der Waals surface area (Å²) in [5, 5.41) is 9.61. The van der Waals surface area contributed by atoms with Crippen LogP contribution in [0.4, 0.5) is 15.0 Å². The quantitative estimate of drug-likeness (QED) is 0.303. The van der Waals surface area contributed by atoms with Gasteiger partial charge in [-0.1, -0.05) is 26.0 Å². The van der Waals surface area contributed by atoms with E-state index < -0.39 is 11.7 Å². The Labute approximate surface area is 257 Å². The molecule has 0 N–H and O–H groups in total. The lowest BCUT2D eigenvalue weighted by molar-refractivity contribution is 0.0145. The van der Waals surface area contributed by atoms with Crippen LogP contribution in [0.1, 0.15) is 65.4 Å². The molecule has 0 aliphatic carbocycles. The molecule has 2 aliphatic rings. The van der Waals surface area contributed by atoms with E-state index in [4.69, 9.17) is 19.4 Å². The highest BCUT2D eigenvalue weighted by atomic mass is 32.1. The summed E-state index contributed by atoms with van der Waals surface area (Å²) in [6.45, 7) is 12.4. The molecule has 1 unspecified atom stereocenters. The normalized spacial score (nSPS) is 19.7. The molecule has 5 rings (SSSR count). The van der Waals surface area contributed by atoms with Crippen molar-refractivity contribution < 1.29 is 18.7 Å². The van der Waals surface area contributed by atoms with Gasteiger partial charge in [0.15, 0.2) is 5.82 Å². The van der Waals surface area contributed by atoms with Gasteiger partial charge in [0.2, 0.25) is 0 Å². The van der Waals surface area contributed by atoms with Crippen LogP contribution in [0.25, 0.3) is 20.7 Å². The predicted molar refractivity (Wildman–Crippen MR) is 167 cm³/mol. The summed E-state index contributed by atoms with van der Waals surface area (Å²) in [6.07, 6.45) is 1.92. The molecule has 11 heteroatoms. The number of thiophene rings is 1. The van der Waals surface area contributed by atoms with Crippen LogP contribution < -0.4 is 9.64 Å². The van der Waals surface area contributed by atoms with E-state index in [1.807, 2.05) is 32.9 Å². The Balaban J connectivity index is 1.53. The second-order valence-electron chi connectivity index (χ2n) is 12.7. The number of hydrogen-bond donors (Lipinski definition) is 0. The third-order valence-electron chi connectivity index (χ3n) is 8.06. The monoisotopic (exact) mass is 608 g/mol. The molecule has 4 heterocycles. The number of benzene rings is 1. The minimum Gasteiger partial charge on any atom is -0.462 e. The number of aromatic nitrogens is 2. The van der Waals surface area contributed by atoms with Gasteiger partial charge in [-0.3, -0.25) is 0 Å². The zero-order chi connectivity index (χ0) is 30.9. The molecule has 2 saturated heterocycles. The number of piperazine rings is 1. The first kappa shape index (κ1) is 31.0. The van der Waals surface area contributed by atoms with Gasteiger partial charge in [0.1, 0.15) is 18.0 Å². The van der Waals surface area contributed by atoms with E-state index in [0.717, 1.165) is 34.5 Å². The summed E-state index contributed by atoms with van der Waals surface area (Å²) in [4.78, 5) is 29.5. The van der Waals surface area contributed by atoms with Crippen molar-refractivity contribution in [3.8, 4) is 22.5 Å². The first-order chi connectivity index (χ1) is 20.4. The maximum absolute atomic E-state index is 15.3. The van der Waals surface area contributed by atoms with Crippen LogP contribution >= 0.6 is 11.3 Å². The van der Waals surface area contributed by atoms with Gasteiger partial charge in [-0.15, -0.1) is 11.3 Å². The van der Waals surface area contributed by atoms with E-state index in [1.54, 1.807) is 11.0 Å². The summed E-state index contributed by atoms with van der Waals surface area (Å²) in [5.41, 5.74) is 1.56. The molecule has 2 aliphatic heterocycles. The summed E-state index contributed by atoms with van der Waals surface area (Å²) in [5.74, 6) is 0.537. The molecule has 2 fully saturated rings. The number of fused-ring (bicyclic) bond motifs is 1. The maximum atomic E-state index is 15.3. The Morgan fingerprint density at radius 3 is 2.67 bits per heavy atom. The van der Waals surface area contributed by atoms with Gasteiger partial charge in [0.25, 0.3) is 0 Å². The first-order valence-electron chi connectivity index (χ1n) is 15.0. The standard InChI is InChI=1S/C32H41FN6O3S/c1-20(2)23-10-7-11-24(33)27(23)26-17-25-28(43-26)29(36-30(35-25)41-19-22-9-8-14-37(22)6)38-15-16-39(21(18-38)12-13-34)31(40)42-32(3,4)5/h7,10-11,17,20-22H,8-9,12,14-16,18-19H2,1-6H3/t21?,22-/m0/s1. The van der Waals surface area contributed by atoms with Gasteiger partial charge < -0.3 is 24.2 Å². The van der Waals surface area contributed by atoms with Crippen molar-refractivity contribution in [2.75, 3.05) is 44.7 Å². The lowest BCUT2D eigenvalue weighted by atomic mass is 9.96. The molecule has 2 aromatic heterocycles. The van der Waals surface area contributed by atoms with E-state index in [2.05, 4.69) is 36.8 Å². The fourth-order valence-corrected chi connectivity index (χ4v) is 7.01. The van der Waals surface area contributed by atoms with Crippen molar-refractivity contribution >= 4 is 33.5 Å². The summed E-state index contributed by atoms with van der Waals surface area (Å²) >= 11 is 1.46. The van der Waals surface area contributed by atoms with Gasteiger partial charge in [-0.2, -0.15) is 15.2 Å². The molecule has 0 bridgehead atoms. The number of rotatable bonds is 7. The minimum absolute atomic E-state index is 0.136. The Bertz CT molecular complexity index is 1510. The van der Waals surface area contributed by atoms with Crippen molar-refractivity contribution in [3.63, 3.8) is 0 Å². The lowest BCUT2D eigenvalue weighted by Crippen LogP contribution is -2.56. The minimum atomic E-state index is -0.640. The number of nitriles is 1. The van der Waals surface area contributed by atoms with Gasteiger partial charge in [-0.05, 0) is 70.8 Å². The third-order valence-corrected chi connectivity index (χ3v) is 9.20. The number of likely N-dealkylation sites (N-methyl/N-ethyl adjacent to an activating group) is 1. The van der Waals surface area contributed by atoms with Crippen molar-refractivity contribution in [3.05, 3.63) is 35.6 Å². The maximum Gasteiger partial charge on any atom is 0.410 e. The summed E-state index contributed by atoms with van der Waals surface area (Å²) < 4.78 is 28.0. The first-order valence-corrected chi connectivity index (χ1v) is 15.8. The fraction of sp³-hybridized carbons (Fsp3) is 0.562. The smallest absolute Gasteiger partial charge is 0.410 e. The zero-order valence-corrected chi connectivity index (χ0v) is 26.7.